The molecule has 0 atom stereocenters. The molecule has 0 bridgehead atoms. The van der Waals surface area contributed by atoms with Gasteiger partial charge in [0.1, 0.15) is 5.75 Å². The summed E-state index contributed by atoms with van der Waals surface area (Å²) in [5.74, 6) is 0.272. The zero-order valence-corrected chi connectivity index (χ0v) is 17.9. The highest BCUT2D eigenvalue weighted by Gasteiger charge is 2.19. The van der Waals surface area contributed by atoms with Gasteiger partial charge in [-0.05, 0) is 37.1 Å². The minimum atomic E-state index is -0.614. The number of carbonyl (C=O) groups is 2. The van der Waals surface area contributed by atoms with Crippen molar-refractivity contribution >= 4 is 33.5 Å². The lowest BCUT2D eigenvalue weighted by Crippen LogP contribution is -2.22. The van der Waals surface area contributed by atoms with Crippen molar-refractivity contribution in [2.75, 3.05) is 33.3 Å². The first kappa shape index (κ1) is 21.6. The Bertz CT molecular complexity index is 897. The Morgan fingerprint density at radius 1 is 0.929 bits per heavy atom. The molecule has 2 aromatic rings. The molecular formula is C20H22BrNO6. The summed E-state index contributed by atoms with van der Waals surface area (Å²) in [6.45, 7) is 3.60. The van der Waals surface area contributed by atoms with Gasteiger partial charge in [-0.2, -0.15) is 0 Å². The van der Waals surface area contributed by atoms with Crippen LogP contribution in [0.25, 0.3) is 0 Å². The predicted octanol–water partition coefficient (Wildman–Crippen LogP) is 3.89. The van der Waals surface area contributed by atoms with Gasteiger partial charge in [-0.3, -0.25) is 4.79 Å². The van der Waals surface area contributed by atoms with E-state index in [0.717, 1.165) is 15.6 Å². The number of carbonyl (C=O) groups excluding carboxylic acids is 2. The molecule has 0 heterocycles. The summed E-state index contributed by atoms with van der Waals surface area (Å²) >= 11 is 3.46. The smallest absolute Gasteiger partial charge is 0.340 e. The lowest BCUT2D eigenvalue weighted by Gasteiger charge is -2.15. The topological polar surface area (TPSA) is 83.1 Å². The predicted molar refractivity (Wildman–Crippen MR) is 109 cm³/mol. The van der Waals surface area contributed by atoms with E-state index in [1.807, 2.05) is 26.0 Å². The van der Waals surface area contributed by atoms with Crippen LogP contribution >= 0.6 is 15.9 Å². The van der Waals surface area contributed by atoms with E-state index in [4.69, 9.17) is 18.9 Å². The number of methoxy groups -OCH3 is 3. The zero-order chi connectivity index (χ0) is 20.8. The molecule has 8 heteroatoms. The summed E-state index contributed by atoms with van der Waals surface area (Å²) in [6.07, 6.45) is 0. The molecule has 1 amide bonds. The van der Waals surface area contributed by atoms with Crippen LogP contribution in [0.3, 0.4) is 0 Å². The number of esters is 1. The maximum atomic E-state index is 12.4. The van der Waals surface area contributed by atoms with Gasteiger partial charge in [-0.25, -0.2) is 4.79 Å². The quantitative estimate of drug-likeness (QED) is 0.642. The Labute approximate surface area is 172 Å². The van der Waals surface area contributed by atoms with Crippen molar-refractivity contribution in [2.24, 2.45) is 0 Å². The number of rotatable bonds is 7. The number of hydrogen-bond acceptors (Lipinski definition) is 6. The van der Waals surface area contributed by atoms with Crippen molar-refractivity contribution in [3.05, 3.63) is 45.4 Å². The van der Waals surface area contributed by atoms with Gasteiger partial charge >= 0.3 is 5.97 Å². The number of aryl methyl sites for hydroxylation is 2. The van der Waals surface area contributed by atoms with E-state index in [2.05, 4.69) is 21.2 Å². The molecule has 0 unspecified atom stereocenters. The Morgan fingerprint density at radius 2 is 1.57 bits per heavy atom. The van der Waals surface area contributed by atoms with Crippen LogP contribution in [0, 0.1) is 13.8 Å². The lowest BCUT2D eigenvalue weighted by molar-refractivity contribution is -0.118. The van der Waals surface area contributed by atoms with Gasteiger partial charge < -0.3 is 24.3 Å². The third-order valence-corrected chi connectivity index (χ3v) is 4.87. The first-order valence-corrected chi connectivity index (χ1v) is 9.13. The summed E-state index contributed by atoms with van der Waals surface area (Å²) in [7, 11) is 4.17. The van der Waals surface area contributed by atoms with E-state index in [1.54, 1.807) is 0 Å². The molecule has 2 aromatic carbocycles. The number of benzene rings is 2. The Morgan fingerprint density at radius 3 is 2.18 bits per heavy atom. The molecule has 7 nitrogen and oxygen atoms in total. The molecule has 1 N–H and O–H groups in total. The van der Waals surface area contributed by atoms with Crippen LogP contribution in [-0.4, -0.2) is 39.8 Å². The fourth-order valence-electron chi connectivity index (χ4n) is 2.50. The Hall–Kier alpha value is -2.74. The monoisotopic (exact) mass is 451 g/mol. The van der Waals surface area contributed by atoms with Crippen LogP contribution in [-0.2, 0) is 9.53 Å². The van der Waals surface area contributed by atoms with Gasteiger partial charge in [0.15, 0.2) is 18.1 Å². The Balaban J connectivity index is 2.21. The largest absolute Gasteiger partial charge is 0.493 e. The summed E-state index contributed by atoms with van der Waals surface area (Å²) in [4.78, 5) is 24.5. The van der Waals surface area contributed by atoms with Crippen molar-refractivity contribution in [1.82, 2.24) is 0 Å². The molecule has 0 aliphatic carbocycles. The van der Waals surface area contributed by atoms with Crippen molar-refractivity contribution in [3.63, 3.8) is 0 Å². The number of nitrogens with one attached hydrogen (secondary N) is 1. The number of hydrogen-bond donors (Lipinski definition) is 1. The first-order chi connectivity index (χ1) is 13.3. The molecule has 0 fully saturated rings. The molecule has 0 aliphatic rings. The standard InChI is InChI=1S/C20H22BrNO6/c1-11-7-16(12(2)6-14(11)21)28-10-19(23)22-15-9-18(26-4)17(25-3)8-13(15)20(24)27-5/h6-9H,10H2,1-5H3,(H,22,23). The maximum Gasteiger partial charge on any atom is 0.340 e. The second-order valence-electron chi connectivity index (χ2n) is 5.95. The van der Waals surface area contributed by atoms with E-state index in [0.29, 0.717) is 17.2 Å². The van der Waals surface area contributed by atoms with Crippen molar-refractivity contribution in [3.8, 4) is 17.2 Å². The molecule has 28 heavy (non-hydrogen) atoms. The fourth-order valence-corrected chi connectivity index (χ4v) is 2.96. The second kappa shape index (κ2) is 9.45. The SMILES string of the molecule is COC(=O)c1cc(OC)c(OC)cc1NC(=O)COc1cc(C)c(Br)cc1C. The highest BCUT2D eigenvalue weighted by atomic mass is 79.9. The Kier molecular flexibility index (Phi) is 7.28. The van der Waals surface area contributed by atoms with Crippen LogP contribution in [0.1, 0.15) is 21.5 Å². The van der Waals surface area contributed by atoms with Crippen LogP contribution in [0.2, 0.25) is 0 Å². The summed E-state index contributed by atoms with van der Waals surface area (Å²) < 4.78 is 21.8. The van der Waals surface area contributed by atoms with Crippen LogP contribution in [0.15, 0.2) is 28.7 Å². The number of ether oxygens (including phenoxy) is 4. The third kappa shape index (κ3) is 4.95. The third-order valence-electron chi connectivity index (χ3n) is 4.02. The number of amides is 1. The average molecular weight is 452 g/mol. The second-order valence-corrected chi connectivity index (χ2v) is 6.80. The van der Waals surface area contributed by atoms with Gasteiger partial charge in [-0.15, -0.1) is 0 Å². The van der Waals surface area contributed by atoms with Gasteiger partial charge in [0.2, 0.25) is 0 Å². The van der Waals surface area contributed by atoms with Crippen LogP contribution in [0.4, 0.5) is 5.69 Å². The summed E-state index contributed by atoms with van der Waals surface area (Å²) in [5, 5.41) is 2.66. The lowest BCUT2D eigenvalue weighted by atomic mass is 10.1. The molecule has 2 rings (SSSR count). The average Bonchev–Trinajstić information content (AvgIpc) is 2.68. The highest BCUT2D eigenvalue weighted by Crippen LogP contribution is 2.34. The van der Waals surface area contributed by atoms with E-state index < -0.39 is 11.9 Å². The van der Waals surface area contributed by atoms with Gasteiger partial charge in [-0.1, -0.05) is 15.9 Å². The van der Waals surface area contributed by atoms with Crippen LogP contribution < -0.4 is 19.5 Å². The molecule has 0 aliphatic heterocycles. The van der Waals surface area contributed by atoms with Crippen molar-refractivity contribution < 1.29 is 28.5 Å². The fraction of sp³-hybridized carbons (Fsp3) is 0.300. The van der Waals surface area contributed by atoms with Gasteiger partial charge in [0.05, 0.1) is 32.6 Å². The molecule has 150 valence electrons. The summed E-state index contributed by atoms with van der Waals surface area (Å²) in [5.41, 5.74) is 2.27. The molecule has 0 radical (unpaired) electrons. The van der Waals surface area contributed by atoms with Gasteiger partial charge in [0.25, 0.3) is 5.91 Å². The molecule has 0 saturated heterocycles. The van der Waals surface area contributed by atoms with Crippen molar-refractivity contribution in [1.29, 1.82) is 0 Å². The van der Waals surface area contributed by atoms with E-state index in [1.165, 1.54) is 33.5 Å². The first-order valence-electron chi connectivity index (χ1n) is 8.34. The normalized spacial score (nSPS) is 10.2. The number of anilines is 1. The zero-order valence-electron chi connectivity index (χ0n) is 16.3. The van der Waals surface area contributed by atoms with E-state index in [9.17, 15) is 9.59 Å². The minimum absolute atomic E-state index is 0.143. The van der Waals surface area contributed by atoms with Gasteiger partial charge in [0, 0.05) is 16.6 Å². The van der Waals surface area contributed by atoms with E-state index in [-0.39, 0.29) is 17.9 Å². The molecular weight excluding hydrogens is 430 g/mol. The highest BCUT2D eigenvalue weighted by molar-refractivity contribution is 9.10. The molecule has 0 spiro atoms. The number of halogens is 1. The van der Waals surface area contributed by atoms with Crippen LogP contribution in [0.5, 0.6) is 17.2 Å². The molecule has 0 aromatic heterocycles. The maximum absolute atomic E-state index is 12.4. The van der Waals surface area contributed by atoms with Crippen molar-refractivity contribution in [2.45, 2.75) is 13.8 Å². The minimum Gasteiger partial charge on any atom is -0.493 e. The molecule has 0 saturated carbocycles. The summed E-state index contributed by atoms with van der Waals surface area (Å²) in [6, 6.07) is 6.72. The van der Waals surface area contributed by atoms with E-state index >= 15 is 0 Å².